The van der Waals surface area contributed by atoms with Crippen LogP contribution in [0.1, 0.15) is 31.2 Å². The molecule has 22 heavy (non-hydrogen) atoms. The lowest BCUT2D eigenvalue weighted by Crippen LogP contribution is -2.23. The van der Waals surface area contributed by atoms with Crippen molar-refractivity contribution < 1.29 is 14.4 Å². The molecular weight excluding hydrogens is 284 g/mol. The van der Waals surface area contributed by atoms with E-state index in [4.69, 9.17) is 5.73 Å². The number of nitrogens with two attached hydrogens (primary N) is 1. The molecule has 1 aromatic heterocycles. The summed E-state index contributed by atoms with van der Waals surface area (Å²) >= 11 is 0. The lowest BCUT2D eigenvalue weighted by molar-refractivity contribution is 0.0981. The van der Waals surface area contributed by atoms with Gasteiger partial charge >= 0.3 is 0 Å². The van der Waals surface area contributed by atoms with Crippen molar-refractivity contribution in [3.05, 3.63) is 65.4 Å². The Hall–Kier alpha value is -3.35. The lowest BCUT2D eigenvalue weighted by atomic mass is 9.98. The van der Waals surface area contributed by atoms with Gasteiger partial charge in [-0.1, -0.05) is 0 Å². The average Bonchev–Trinajstić information content (AvgIpc) is 2.53. The van der Waals surface area contributed by atoms with Gasteiger partial charge in [0.2, 0.25) is 17.5 Å². The van der Waals surface area contributed by atoms with Crippen LogP contribution in [0.25, 0.3) is 0 Å². The molecule has 3 N–H and O–H groups in total. The molecule has 1 aromatic carbocycles. The number of nitrogens with one attached hydrogen (secondary N) is 1. The second-order valence-electron chi connectivity index (χ2n) is 4.60. The number of carbonyl (C=O) groups excluding carboxylic acids is 3. The first kappa shape index (κ1) is 13.6. The molecule has 1 heterocycles. The molecule has 0 saturated heterocycles. The highest BCUT2D eigenvalue weighted by atomic mass is 16.1. The van der Waals surface area contributed by atoms with Crippen molar-refractivity contribution in [3.63, 3.8) is 0 Å². The molecule has 0 saturated carbocycles. The molecule has 108 valence electrons. The first-order chi connectivity index (χ1) is 10.6. The molecule has 1 aliphatic carbocycles. The van der Waals surface area contributed by atoms with Gasteiger partial charge in [-0.15, -0.1) is 0 Å². The van der Waals surface area contributed by atoms with Gasteiger partial charge in [0.1, 0.15) is 12.0 Å². The van der Waals surface area contributed by atoms with Gasteiger partial charge < -0.3 is 11.1 Å². The maximum absolute atomic E-state index is 12.3. The number of benzene rings is 1. The second kappa shape index (κ2) is 5.21. The zero-order chi connectivity index (χ0) is 15.7. The number of Topliss-reactive ketones (excluding diaryl/α,β-unsaturated/α-hetero) is 1. The number of rotatable bonds is 3. The Morgan fingerprint density at radius 3 is 2.55 bits per heavy atom. The van der Waals surface area contributed by atoms with E-state index >= 15 is 0 Å². The molecule has 2 aromatic rings. The highest BCUT2D eigenvalue weighted by molar-refractivity contribution is 6.24. The maximum atomic E-state index is 12.3. The predicted molar refractivity (Wildman–Crippen MR) is 77.4 cm³/mol. The van der Waals surface area contributed by atoms with E-state index in [2.05, 4.69) is 15.3 Å². The highest BCUT2D eigenvalue weighted by Crippen LogP contribution is 2.20. The summed E-state index contributed by atoms with van der Waals surface area (Å²) in [6.45, 7) is 0. The zero-order valence-electron chi connectivity index (χ0n) is 11.2. The molecule has 0 atom stereocenters. The average molecular weight is 294 g/mol. The normalized spacial score (nSPS) is 13.4. The molecule has 1 amide bonds. The molecule has 0 unspecified atom stereocenters. The van der Waals surface area contributed by atoms with E-state index in [1.807, 2.05) is 0 Å². The molecule has 0 radical (unpaired) electrons. The number of allylic oxidation sites excluding steroid dienone is 2. The number of amides is 1. The van der Waals surface area contributed by atoms with Crippen LogP contribution < -0.4 is 11.1 Å². The number of carbonyl (C=O) groups is 3. The van der Waals surface area contributed by atoms with Gasteiger partial charge in [0.05, 0.1) is 11.3 Å². The summed E-state index contributed by atoms with van der Waals surface area (Å²) in [7, 11) is 0. The van der Waals surface area contributed by atoms with Gasteiger partial charge in [-0.2, -0.15) is 0 Å². The topological polar surface area (TPSA) is 115 Å². The van der Waals surface area contributed by atoms with Crippen LogP contribution in [-0.4, -0.2) is 27.4 Å². The standard InChI is InChI=1S/C15H10N4O3/c16-15(22)8-1-3-9(4-2-8)19-11-5-12(20)13-10(14(11)21)6-17-7-18-13/h1-7,19H,(H2,16,22). The van der Waals surface area contributed by atoms with Crippen LogP contribution in [0, 0.1) is 0 Å². The van der Waals surface area contributed by atoms with E-state index in [9.17, 15) is 14.4 Å². The summed E-state index contributed by atoms with van der Waals surface area (Å²) in [4.78, 5) is 42.9. The minimum absolute atomic E-state index is 0.0922. The second-order valence-corrected chi connectivity index (χ2v) is 4.60. The Labute approximate surface area is 124 Å². The third-order valence-corrected chi connectivity index (χ3v) is 3.16. The maximum Gasteiger partial charge on any atom is 0.248 e. The summed E-state index contributed by atoms with van der Waals surface area (Å²) in [5.74, 6) is -1.27. The Morgan fingerprint density at radius 1 is 1.14 bits per heavy atom. The van der Waals surface area contributed by atoms with Gasteiger partial charge in [0.25, 0.3) is 0 Å². The number of fused-ring (bicyclic) bond motifs is 1. The molecule has 3 rings (SSSR count). The van der Waals surface area contributed by atoms with Crippen LogP contribution in [0.4, 0.5) is 5.69 Å². The molecule has 0 spiro atoms. The van der Waals surface area contributed by atoms with E-state index < -0.39 is 5.91 Å². The number of anilines is 1. The smallest absolute Gasteiger partial charge is 0.248 e. The SMILES string of the molecule is NC(=O)c1ccc(NC2=CC(=O)c3ncncc3C2=O)cc1. The first-order valence-corrected chi connectivity index (χ1v) is 6.34. The number of hydrogen-bond donors (Lipinski definition) is 2. The fourth-order valence-corrected chi connectivity index (χ4v) is 2.07. The summed E-state index contributed by atoms with van der Waals surface area (Å²) in [6.07, 6.45) is 3.73. The van der Waals surface area contributed by atoms with Crippen molar-refractivity contribution in [3.8, 4) is 0 Å². The van der Waals surface area contributed by atoms with Crippen molar-refractivity contribution in [2.75, 3.05) is 5.32 Å². The van der Waals surface area contributed by atoms with Crippen molar-refractivity contribution in [2.45, 2.75) is 0 Å². The Morgan fingerprint density at radius 2 is 1.86 bits per heavy atom. The van der Waals surface area contributed by atoms with Gasteiger partial charge in [-0.25, -0.2) is 9.97 Å². The van der Waals surface area contributed by atoms with Crippen LogP contribution in [0.3, 0.4) is 0 Å². The van der Waals surface area contributed by atoms with Crippen LogP contribution >= 0.6 is 0 Å². The monoisotopic (exact) mass is 294 g/mol. The predicted octanol–water partition coefficient (Wildman–Crippen LogP) is 0.951. The van der Waals surface area contributed by atoms with E-state index in [0.29, 0.717) is 11.3 Å². The van der Waals surface area contributed by atoms with Gasteiger partial charge in [0.15, 0.2) is 0 Å². The molecule has 7 nitrogen and oxygen atoms in total. The third kappa shape index (κ3) is 2.35. The molecule has 0 bridgehead atoms. The summed E-state index contributed by atoms with van der Waals surface area (Å²) in [5.41, 5.74) is 6.44. The summed E-state index contributed by atoms with van der Waals surface area (Å²) in [5, 5.41) is 2.85. The first-order valence-electron chi connectivity index (χ1n) is 6.34. The molecule has 0 aliphatic heterocycles. The molecule has 0 fully saturated rings. The minimum atomic E-state index is -0.541. The Balaban J connectivity index is 1.89. The number of primary amides is 1. The van der Waals surface area contributed by atoms with Crippen LogP contribution in [0.15, 0.2) is 48.6 Å². The molecule has 1 aliphatic rings. The number of aromatic nitrogens is 2. The summed E-state index contributed by atoms with van der Waals surface area (Å²) < 4.78 is 0. The zero-order valence-corrected chi connectivity index (χ0v) is 11.2. The van der Waals surface area contributed by atoms with E-state index in [-0.39, 0.29) is 28.5 Å². The highest BCUT2D eigenvalue weighted by Gasteiger charge is 2.27. The van der Waals surface area contributed by atoms with E-state index in [1.54, 1.807) is 12.1 Å². The van der Waals surface area contributed by atoms with Crippen molar-refractivity contribution in [1.29, 1.82) is 0 Å². The van der Waals surface area contributed by atoms with Crippen molar-refractivity contribution in [1.82, 2.24) is 9.97 Å². The fourth-order valence-electron chi connectivity index (χ4n) is 2.07. The van der Waals surface area contributed by atoms with E-state index in [1.165, 1.54) is 30.7 Å². The van der Waals surface area contributed by atoms with Crippen LogP contribution in [0.5, 0.6) is 0 Å². The number of ketones is 2. The van der Waals surface area contributed by atoms with Gasteiger partial charge in [0, 0.05) is 23.5 Å². The van der Waals surface area contributed by atoms with Crippen LogP contribution in [0.2, 0.25) is 0 Å². The quantitative estimate of drug-likeness (QED) is 0.870. The van der Waals surface area contributed by atoms with Crippen molar-refractivity contribution in [2.24, 2.45) is 5.73 Å². The summed E-state index contributed by atoms with van der Waals surface area (Å²) in [6, 6.07) is 6.24. The lowest BCUT2D eigenvalue weighted by Gasteiger charge is -2.15. The third-order valence-electron chi connectivity index (χ3n) is 3.16. The van der Waals surface area contributed by atoms with Crippen LogP contribution in [-0.2, 0) is 0 Å². The number of nitrogens with zero attached hydrogens (tertiary/aromatic N) is 2. The fraction of sp³-hybridized carbons (Fsp3) is 0. The molecule has 7 heteroatoms. The Kier molecular flexibility index (Phi) is 3.23. The van der Waals surface area contributed by atoms with Crippen molar-refractivity contribution >= 4 is 23.2 Å². The largest absolute Gasteiger partial charge is 0.366 e. The van der Waals surface area contributed by atoms with Gasteiger partial charge in [-0.05, 0) is 24.3 Å². The minimum Gasteiger partial charge on any atom is -0.366 e. The Bertz CT molecular complexity index is 825. The number of hydrogen-bond acceptors (Lipinski definition) is 6. The van der Waals surface area contributed by atoms with E-state index in [0.717, 1.165) is 0 Å². The molecular formula is C15H10N4O3. The van der Waals surface area contributed by atoms with Gasteiger partial charge in [-0.3, -0.25) is 14.4 Å².